The Morgan fingerprint density at radius 3 is 2.88 bits per heavy atom. The summed E-state index contributed by atoms with van der Waals surface area (Å²) in [5.74, 6) is -0.436. The molecule has 1 heterocycles. The van der Waals surface area contributed by atoms with Gasteiger partial charge in [-0.25, -0.2) is 0 Å². The number of hydrogen-bond acceptors (Lipinski definition) is 4. The molecule has 0 bridgehead atoms. The molecule has 1 saturated carbocycles. The minimum absolute atomic E-state index is 0.181. The lowest BCUT2D eigenvalue weighted by Crippen LogP contribution is -2.37. The molecule has 0 aromatic heterocycles. The van der Waals surface area contributed by atoms with Gasteiger partial charge in [0.2, 0.25) is 0 Å². The molecule has 1 aliphatic heterocycles. The van der Waals surface area contributed by atoms with E-state index in [2.05, 4.69) is 19.6 Å². The second-order valence-corrected chi connectivity index (χ2v) is 5.52. The average Bonchev–Trinajstić information content (AvgIpc) is 2.84. The molecule has 0 radical (unpaired) electrons. The predicted octanol–water partition coefficient (Wildman–Crippen LogP) is 2.08. The maximum Gasteiger partial charge on any atom is 0.303 e. The first-order valence-corrected chi connectivity index (χ1v) is 6.83. The van der Waals surface area contributed by atoms with Crippen molar-refractivity contribution in [2.75, 3.05) is 12.4 Å². The van der Waals surface area contributed by atoms with Crippen LogP contribution in [0.3, 0.4) is 0 Å². The summed E-state index contributed by atoms with van der Waals surface area (Å²) >= 11 is 4.34. The number of hydrogen-bond donors (Lipinski definition) is 2. The van der Waals surface area contributed by atoms with E-state index in [0.717, 1.165) is 19.3 Å². The first kappa shape index (κ1) is 13.2. The van der Waals surface area contributed by atoms with Gasteiger partial charge in [-0.3, -0.25) is 4.79 Å². The van der Waals surface area contributed by atoms with Crippen molar-refractivity contribution >= 4 is 18.6 Å². The molecule has 5 heteroatoms. The fourth-order valence-corrected chi connectivity index (χ4v) is 3.17. The summed E-state index contributed by atoms with van der Waals surface area (Å²) < 4.78 is 12.0. The second kappa shape index (κ2) is 4.78. The summed E-state index contributed by atoms with van der Waals surface area (Å²) in [5, 5.41) is 8.81. The van der Waals surface area contributed by atoms with Gasteiger partial charge < -0.3 is 14.6 Å². The van der Waals surface area contributed by atoms with E-state index in [0.29, 0.717) is 18.8 Å². The van der Waals surface area contributed by atoms with Gasteiger partial charge in [-0.2, -0.15) is 12.6 Å². The summed E-state index contributed by atoms with van der Waals surface area (Å²) in [6.45, 7) is 2.65. The maximum atomic E-state index is 10.7. The number of rotatable bonds is 4. The van der Waals surface area contributed by atoms with Gasteiger partial charge in [-0.05, 0) is 18.8 Å². The molecule has 0 aromatic carbocycles. The van der Waals surface area contributed by atoms with Gasteiger partial charge in [-0.1, -0.05) is 6.92 Å². The predicted molar refractivity (Wildman–Crippen MR) is 66.2 cm³/mol. The summed E-state index contributed by atoms with van der Waals surface area (Å²) in [4.78, 5) is 10.7. The number of carbonyl (C=O) groups is 1. The molecular formula is C12H20O4S. The largest absolute Gasteiger partial charge is 0.481 e. The highest BCUT2D eigenvalue weighted by Crippen LogP contribution is 2.47. The van der Waals surface area contributed by atoms with Crippen molar-refractivity contribution in [2.24, 2.45) is 5.92 Å². The van der Waals surface area contributed by atoms with Crippen molar-refractivity contribution < 1.29 is 19.4 Å². The van der Waals surface area contributed by atoms with E-state index in [1.54, 1.807) is 0 Å². The van der Waals surface area contributed by atoms with Crippen molar-refractivity contribution in [2.45, 2.75) is 50.4 Å². The number of thiol groups is 1. The van der Waals surface area contributed by atoms with E-state index >= 15 is 0 Å². The number of carboxylic acids is 1. The van der Waals surface area contributed by atoms with Crippen LogP contribution in [-0.2, 0) is 14.3 Å². The van der Waals surface area contributed by atoms with Crippen molar-refractivity contribution in [1.29, 1.82) is 0 Å². The highest BCUT2D eigenvalue weighted by molar-refractivity contribution is 7.80. The highest BCUT2D eigenvalue weighted by atomic mass is 32.1. The molecule has 2 rings (SSSR count). The number of ether oxygens (including phenoxy) is 2. The van der Waals surface area contributed by atoms with Gasteiger partial charge in [0, 0.05) is 25.0 Å². The monoisotopic (exact) mass is 260 g/mol. The molecule has 2 fully saturated rings. The van der Waals surface area contributed by atoms with Crippen LogP contribution in [0.25, 0.3) is 0 Å². The zero-order chi connectivity index (χ0) is 12.5. The van der Waals surface area contributed by atoms with E-state index in [4.69, 9.17) is 14.6 Å². The summed E-state index contributed by atoms with van der Waals surface area (Å²) in [6, 6.07) is 0. The Labute approximate surface area is 107 Å². The summed E-state index contributed by atoms with van der Waals surface area (Å²) in [6.07, 6.45) is 3.48. The van der Waals surface area contributed by atoms with Crippen LogP contribution in [0, 0.1) is 5.92 Å². The molecule has 3 unspecified atom stereocenters. The average molecular weight is 260 g/mol. The van der Waals surface area contributed by atoms with E-state index in [-0.39, 0.29) is 17.9 Å². The SMILES string of the molecule is CCC1(CS)COC2(CCC(CC(=O)O)C2)O1. The third kappa shape index (κ3) is 2.61. The van der Waals surface area contributed by atoms with Crippen LogP contribution < -0.4 is 0 Å². The van der Waals surface area contributed by atoms with Gasteiger partial charge >= 0.3 is 5.97 Å². The Hall–Kier alpha value is -0.260. The molecule has 4 nitrogen and oxygen atoms in total. The van der Waals surface area contributed by atoms with Crippen LogP contribution >= 0.6 is 12.6 Å². The van der Waals surface area contributed by atoms with Crippen LogP contribution in [0.4, 0.5) is 0 Å². The third-order valence-corrected chi connectivity index (χ3v) is 4.51. The van der Waals surface area contributed by atoms with Crippen LogP contribution in [0.15, 0.2) is 0 Å². The smallest absolute Gasteiger partial charge is 0.303 e. The maximum absolute atomic E-state index is 10.7. The van der Waals surface area contributed by atoms with Gasteiger partial charge in [0.05, 0.1) is 6.61 Å². The Morgan fingerprint density at radius 1 is 1.59 bits per heavy atom. The Morgan fingerprint density at radius 2 is 2.35 bits per heavy atom. The van der Waals surface area contributed by atoms with Crippen LogP contribution in [0.1, 0.15) is 39.0 Å². The molecule has 0 amide bonds. The third-order valence-electron chi connectivity index (χ3n) is 3.93. The zero-order valence-corrected chi connectivity index (χ0v) is 11.0. The molecule has 1 N–H and O–H groups in total. The van der Waals surface area contributed by atoms with E-state index in [1.807, 2.05) is 0 Å². The van der Waals surface area contributed by atoms with Gasteiger partial charge in [0.15, 0.2) is 5.79 Å². The fraction of sp³-hybridized carbons (Fsp3) is 0.917. The molecule has 2 aliphatic rings. The molecule has 1 saturated heterocycles. The van der Waals surface area contributed by atoms with Crippen molar-refractivity contribution in [3.05, 3.63) is 0 Å². The van der Waals surface area contributed by atoms with Crippen molar-refractivity contribution in [3.63, 3.8) is 0 Å². The zero-order valence-electron chi connectivity index (χ0n) is 10.1. The number of aliphatic carboxylic acids is 1. The molecule has 98 valence electrons. The first-order valence-electron chi connectivity index (χ1n) is 6.20. The molecule has 0 aromatic rings. The lowest BCUT2D eigenvalue weighted by Gasteiger charge is -2.28. The highest BCUT2D eigenvalue weighted by Gasteiger charge is 2.52. The quantitative estimate of drug-likeness (QED) is 0.760. The molecule has 3 atom stereocenters. The first-order chi connectivity index (χ1) is 8.03. The van der Waals surface area contributed by atoms with Crippen LogP contribution in [0.2, 0.25) is 0 Å². The Bertz CT molecular complexity index is 303. The van der Waals surface area contributed by atoms with E-state index in [9.17, 15) is 4.79 Å². The van der Waals surface area contributed by atoms with Gasteiger partial charge in [-0.15, -0.1) is 0 Å². The minimum atomic E-state index is -0.735. The Kier molecular flexibility index (Phi) is 3.71. The van der Waals surface area contributed by atoms with Crippen LogP contribution in [0.5, 0.6) is 0 Å². The number of carboxylic acid groups (broad SMARTS) is 1. The van der Waals surface area contributed by atoms with E-state index < -0.39 is 11.8 Å². The van der Waals surface area contributed by atoms with Gasteiger partial charge in [0.25, 0.3) is 0 Å². The topological polar surface area (TPSA) is 55.8 Å². The van der Waals surface area contributed by atoms with Crippen molar-refractivity contribution in [1.82, 2.24) is 0 Å². The minimum Gasteiger partial charge on any atom is -0.481 e. The standard InChI is InChI=1S/C12H20O4S/c1-2-11(8-17)7-15-12(16-11)4-3-9(6-12)5-10(13)14/h9,17H,2-8H2,1H3,(H,13,14). The summed E-state index contributed by atoms with van der Waals surface area (Å²) in [7, 11) is 0. The molecule has 1 spiro atoms. The lowest BCUT2D eigenvalue weighted by atomic mass is 10.0. The van der Waals surface area contributed by atoms with Crippen molar-refractivity contribution in [3.8, 4) is 0 Å². The molecule has 17 heavy (non-hydrogen) atoms. The molecular weight excluding hydrogens is 240 g/mol. The Balaban J connectivity index is 1.98. The van der Waals surface area contributed by atoms with Gasteiger partial charge in [0.1, 0.15) is 5.60 Å². The van der Waals surface area contributed by atoms with E-state index in [1.165, 1.54) is 0 Å². The fourth-order valence-electron chi connectivity index (χ4n) is 2.79. The second-order valence-electron chi connectivity index (χ2n) is 5.20. The normalized spacial score (nSPS) is 41.2. The molecule has 1 aliphatic carbocycles. The summed E-state index contributed by atoms with van der Waals surface area (Å²) in [5.41, 5.74) is -0.277. The van der Waals surface area contributed by atoms with Crippen LogP contribution in [-0.4, -0.2) is 34.8 Å². The lowest BCUT2D eigenvalue weighted by molar-refractivity contribution is -0.180.